The van der Waals surface area contributed by atoms with Gasteiger partial charge in [-0.05, 0) is 24.1 Å². The van der Waals surface area contributed by atoms with Crippen molar-refractivity contribution in [3.63, 3.8) is 0 Å². The quantitative estimate of drug-likeness (QED) is 0.656. The number of hydrogen-bond donors (Lipinski definition) is 3. The van der Waals surface area contributed by atoms with Gasteiger partial charge in [-0.25, -0.2) is 0 Å². The van der Waals surface area contributed by atoms with E-state index in [1.54, 1.807) is 12.1 Å². The van der Waals surface area contributed by atoms with Gasteiger partial charge in [0.05, 0.1) is 0 Å². The standard InChI is InChI=1S/C18H21NO4/c20-15(13-23-16-9-5-2-6-10-16)12-19-17(18(21)22)11-14-7-3-1-4-8-14/h1-10,15,17,19-20H,11-13H2,(H,21,22). The van der Waals surface area contributed by atoms with E-state index in [-0.39, 0.29) is 13.2 Å². The minimum atomic E-state index is -0.940. The molecule has 3 N–H and O–H groups in total. The molecule has 2 atom stereocenters. The van der Waals surface area contributed by atoms with Crippen molar-refractivity contribution in [3.8, 4) is 5.75 Å². The number of benzene rings is 2. The van der Waals surface area contributed by atoms with Gasteiger partial charge in [-0.15, -0.1) is 0 Å². The molecule has 23 heavy (non-hydrogen) atoms. The number of aliphatic carboxylic acids is 1. The van der Waals surface area contributed by atoms with Crippen LogP contribution in [0.1, 0.15) is 5.56 Å². The lowest BCUT2D eigenvalue weighted by Crippen LogP contribution is -2.43. The lowest BCUT2D eigenvalue weighted by molar-refractivity contribution is -0.139. The van der Waals surface area contributed by atoms with E-state index in [0.29, 0.717) is 12.2 Å². The lowest BCUT2D eigenvalue weighted by Gasteiger charge is -2.18. The molecule has 5 heteroatoms. The van der Waals surface area contributed by atoms with E-state index in [9.17, 15) is 15.0 Å². The van der Waals surface area contributed by atoms with Gasteiger partial charge in [0.2, 0.25) is 0 Å². The Morgan fingerprint density at radius 1 is 1.04 bits per heavy atom. The summed E-state index contributed by atoms with van der Waals surface area (Å²) < 4.78 is 5.44. The first-order valence-electron chi connectivity index (χ1n) is 7.51. The molecule has 0 amide bonds. The van der Waals surface area contributed by atoms with Crippen LogP contribution in [0, 0.1) is 0 Å². The van der Waals surface area contributed by atoms with Crippen molar-refractivity contribution >= 4 is 5.97 Å². The van der Waals surface area contributed by atoms with Gasteiger partial charge in [-0.2, -0.15) is 0 Å². The number of aliphatic hydroxyl groups excluding tert-OH is 1. The average molecular weight is 315 g/mol. The summed E-state index contributed by atoms with van der Waals surface area (Å²) in [5.41, 5.74) is 0.933. The molecule has 122 valence electrons. The van der Waals surface area contributed by atoms with Crippen LogP contribution in [0.5, 0.6) is 5.75 Å². The largest absolute Gasteiger partial charge is 0.491 e. The first-order valence-corrected chi connectivity index (χ1v) is 7.51. The molecule has 2 rings (SSSR count). The highest BCUT2D eigenvalue weighted by Gasteiger charge is 2.18. The number of carbonyl (C=O) groups is 1. The molecule has 0 aromatic heterocycles. The van der Waals surface area contributed by atoms with Gasteiger partial charge >= 0.3 is 5.97 Å². The van der Waals surface area contributed by atoms with Crippen LogP contribution in [-0.2, 0) is 11.2 Å². The van der Waals surface area contributed by atoms with Crippen LogP contribution in [-0.4, -0.2) is 41.5 Å². The zero-order valence-corrected chi connectivity index (χ0v) is 12.8. The summed E-state index contributed by atoms with van der Waals surface area (Å²) in [5.74, 6) is -0.268. The minimum absolute atomic E-state index is 0.106. The Morgan fingerprint density at radius 3 is 2.26 bits per heavy atom. The van der Waals surface area contributed by atoms with Gasteiger partial charge in [0.15, 0.2) is 0 Å². The third-order valence-corrected chi connectivity index (χ3v) is 3.37. The van der Waals surface area contributed by atoms with E-state index < -0.39 is 18.1 Å². The predicted molar refractivity (Wildman–Crippen MR) is 87.5 cm³/mol. The Bertz CT molecular complexity index is 588. The number of carboxylic acids is 1. The monoisotopic (exact) mass is 315 g/mol. The van der Waals surface area contributed by atoms with E-state index in [1.807, 2.05) is 48.5 Å². The Hall–Kier alpha value is -2.37. The summed E-state index contributed by atoms with van der Waals surface area (Å²) in [5, 5.41) is 22.1. The molecule has 2 aromatic carbocycles. The Kier molecular flexibility index (Phi) is 6.59. The van der Waals surface area contributed by atoms with Gasteiger partial charge in [0.25, 0.3) is 0 Å². The number of para-hydroxylation sites is 1. The zero-order valence-electron chi connectivity index (χ0n) is 12.8. The van der Waals surface area contributed by atoms with E-state index >= 15 is 0 Å². The molecule has 2 unspecified atom stereocenters. The summed E-state index contributed by atoms with van der Waals surface area (Å²) >= 11 is 0. The Labute approximate surface area is 135 Å². The smallest absolute Gasteiger partial charge is 0.321 e. The van der Waals surface area contributed by atoms with Crippen LogP contribution < -0.4 is 10.1 Å². The highest BCUT2D eigenvalue weighted by atomic mass is 16.5. The molecule has 0 aliphatic carbocycles. The maximum absolute atomic E-state index is 11.3. The van der Waals surface area contributed by atoms with E-state index in [2.05, 4.69) is 5.32 Å². The predicted octanol–water partition coefficient (Wildman–Crippen LogP) is 1.71. The van der Waals surface area contributed by atoms with Crippen molar-refractivity contribution in [2.24, 2.45) is 0 Å². The molecule has 0 spiro atoms. The van der Waals surface area contributed by atoms with Crippen LogP contribution in [0.25, 0.3) is 0 Å². The van der Waals surface area contributed by atoms with Crippen molar-refractivity contribution in [2.75, 3.05) is 13.2 Å². The lowest BCUT2D eigenvalue weighted by atomic mass is 10.1. The second-order valence-electron chi connectivity index (χ2n) is 5.27. The van der Waals surface area contributed by atoms with Crippen LogP contribution in [0.2, 0.25) is 0 Å². The first kappa shape index (κ1) is 17.0. The van der Waals surface area contributed by atoms with Crippen molar-refractivity contribution in [3.05, 3.63) is 66.2 Å². The average Bonchev–Trinajstić information content (AvgIpc) is 2.58. The summed E-state index contributed by atoms with van der Waals surface area (Å²) in [6.45, 7) is 0.255. The van der Waals surface area contributed by atoms with Crippen LogP contribution in [0.15, 0.2) is 60.7 Å². The summed E-state index contributed by atoms with van der Waals surface area (Å²) in [6.07, 6.45) is -0.421. The number of hydrogen-bond acceptors (Lipinski definition) is 4. The van der Waals surface area contributed by atoms with E-state index in [4.69, 9.17) is 4.74 Å². The fraction of sp³-hybridized carbons (Fsp3) is 0.278. The molecule has 0 aliphatic heterocycles. The van der Waals surface area contributed by atoms with Crippen molar-refractivity contribution in [1.82, 2.24) is 5.32 Å². The SMILES string of the molecule is O=C(O)C(Cc1ccccc1)NCC(O)COc1ccccc1. The molecule has 0 bridgehead atoms. The van der Waals surface area contributed by atoms with E-state index in [0.717, 1.165) is 5.56 Å². The molecular formula is C18H21NO4. The van der Waals surface area contributed by atoms with Gasteiger partial charge in [-0.3, -0.25) is 4.79 Å². The minimum Gasteiger partial charge on any atom is -0.491 e. The summed E-state index contributed by atoms with van der Waals surface area (Å²) in [7, 11) is 0. The molecule has 5 nitrogen and oxygen atoms in total. The van der Waals surface area contributed by atoms with Crippen LogP contribution in [0.3, 0.4) is 0 Å². The Balaban J connectivity index is 1.78. The third kappa shape index (κ3) is 6.10. The van der Waals surface area contributed by atoms with Gasteiger partial charge in [0, 0.05) is 6.54 Å². The number of carboxylic acid groups (broad SMARTS) is 1. The number of nitrogens with one attached hydrogen (secondary N) is 1. The van der Waals surface area contributed by atoms with Crippen LogP contribution >= 0.6 is 0 Å². The zero-order chi connectivity index (χ0) is 16.5. The molecule has 0 radical (unpaired) electrons. The third-order valence-electron chi connectivity index (χ3n) is 3.37. The molecular weight excluding hydrogens is 294 g/mol. The number of rotatable bonds is 9. The summed E-state index contributed by atoms with van der Waals surface area (Å²) in [4.78, 5) is 11.3. The van der Waals surface area contributed by atoms with E-state index in [1.165, 1.54) is 0 Å². The molecule has 2 aromatic rings. The normalized spacial score (nSPS) is 13.3. The first-order chi connectivity index (χ1) is 11.1. The molecule has 0 aliphatic rings. The number of aliphatic hydroxyl groups is 1. The highest BCUT2D eigenvalue weighted by molar-refractivity contribution is 5.73. The van der Waals surface area contributed by atoms with Crippen molar-refractivity contribution in [1.29, 1.82) is 0 Å². The fourth-order valence-corrected chi connectivity index (χ4v) is 2.14. The summed E-state index contributed by atoms with van der Waals surface area (Å²) in [6, 6.07) is 17.8. The highest BCUT2D eigenvalue weighted by Crippen LogP contribution is 2.08. The second kappa shape index (κ2) is 8.92. The second-order valence-corrected chi connectivity index (χ2v) is 5.27. The van der Waals surface area contributed by atoms with Crippen LogP contribution in [0.4, 0.5) is 0 Å². The maximum Gasteiger partial charge on any atom is 0.321 e. The van der Waals surface area contributed by atoms with Gasteiger partial charge in [0.1, 0.15) is 24.5 Å². The molecule has 0 heterocycles. The van der Waals surface area contributed by atoms with Crippen molar-refractivity contribution < 1.29 is 19.7 Å². The fourth-order valence-electron chi connectivity index (χ4n) is 2.14. The topological polar surface area (TPSA) is 78.8 Å². The van der Waals surface area contributed by atoms with Gasteiger partial charge in [-0.1, -0.05) is 48.5 Å². The maximum atomic E-state index is 11.3. The van der Waals surface area contributed by atoms with Gasteiger partial charge < -0.3 is 20.3 Å². The number of ether oxygens (including phenoxy) is 1. The molecule has 0 saturated heterocycles. The Morgan fingerprint density at radius 2 is 1.65 bits per heavy atom. The molecule has 0 fully saturated rings. The molecule has 0 saturated carbocycles. The van der Waals surface area contributed by atoms with Crippen molar-refractivity contribution in [2.45, 2.75) is 18.6 Å².